The van der Waals surface area contributed by atoms with Gasteiger partial charge in [0.1, 0.15) is 0 Å². The summed E-state index contributed by atoms with van der Waals surface area (Å²) in [6, 6.07) is 7.38. The van der Waals surface area contributed by atoms with Gasteiger partial charge in [-0.05, 0) is 11.1 Å². The monoisotopic (exact) mass is 194 g/mol. The van der Waals surface area contributed by atoms with E-state index >= 15 is 0 Å². The van der Waals surface area contributed by atoms with E-state index in [0.717, 1.165) is 5.56 Å². The molecule has 1 aliphatic rings. The highest BCUT2D eigenvalue weighted by molar-refractivity contribution is 5.77. The molecule has 0 saturated carbocycles. The number of fused-ring (bicyclic) bond motifs is 1. The van der Waals surface area contributed by atoms with Gasteiger partial charge in [0, 0.05) is 11.0 Å². The summed E-state index contributed by atoms with van der Waals surface area (Å²) < 4.78 is 25.4. The number of benzene rings is 1. The summed E-state index contributed by atoms with van der Waals surface area (Å²) in [7, 11) is 0. The molecule has 14 heavy (non-hydrogen) atoms. The number of hydrogen-bond acceptors (Lipinski definition) is 0. The molecule has 0 N–H and O–H groups in total. The van der Waals surface area contributed by atoms with Crippen LogP contribution in [0.3, 0.4) is 0 Å². The van der Waals surface area contributed by atoms with Crippen molar-refractivity contribution >= 4 is 5.57 Å². The predicted molar refractivity (Wildman–Crippen MR) is 53.4 cm³/mol. The quantitative estimate of drug-likeness (QED) is 0.640. The first kappa shape index (κ1) is 9.38. The van der Waals surface area contributed by atoms with Crippen molar-refractivity contribution in [3.63, 3.8) is 0 Å². The van der Waals surface area contributed by atoms with Crippen molar-refractivity contribution in [1.29, 1.82) is 0 Å². The molecule has 0 saturated heterocycles. The van der Waals surface area contributed by atoms with E-state index in [4.69, 9.17) is 0 Å². The zero-order valence-electron chi connectivity index (χ0n) is 8.22. The largest absolute Gasteiger partial charge is 0.264 e. The van der Waals surface area contributed by atoms with E-state index in [9.17, 15) is 8.78 Å². The number of allylic oxidation sites excluding steroid dienone is 2. The van der Waals surface area contributed by atoms with Crippen LogP contribution in [0.15, 0.2) is 30.3 Å². The van der Waals surface area contributed by atoms with Crippen molar-refractivity contribution in [2.24, 2.45) is 0 Å². The van der Waals surface area contributed by atoms with Crippen LogP contribution in [-0.4, -0.2) is 6.43 Å². The zero-order chi connectivity index (χ0) is 10.3. The first-order chi connectivity index (χ1) is 6.52. The number of halogens is 2. The lowest BCUT2D eigenvalue weighted by Crippen LogP contribution is -2.10. The SMILES string of the molecule is CC1(C)C=C(C(F)F)c2ccccc21. The molecule has 0 nitrogen and oxygen atoms in total. The van der Waals surface area contributed by atoms with Crippen LogP contribution in [0.2, 0.25) is 0 Å². The molecule has 0 spiro atoms. The fraction of sp³-hybridized carbons (Fsp3) is 0.333. The second kappa shape index (κ2) is 2.91. The van der Waals surface area contributed by atoms with Gasteiger partial charge in [-0.3, -0.25) is 0 Å². The van der Waals surface area contributed by atoms with Gasteiger partial charge in [-0.25, -0.2) is 8.78 Å². The molecule has 2 heteroatoms. The third-order valence-corrected chi connectivity index (χ3v) is 2.68. The van der Waals surface area contributed by atoms with Crippen molar-refractivity contribution in [3.05, 3.63) is 41.5 Å². The first-order valence-corrected chi connectivity index (χ1v) is 4.63. The van der Waals surface area contributed by atoms with E-state index in [1.165, 1.54) is 0 Å². The van der Waals surface area contributed by atoms with Gasteiger partial charge < -0.3 is 0 Å². The maximum atomic E-state index is 12.7. The van der Waals surface area contributed by atoms with Crippen molar-refractivity contribution in [2.45, 2.75) is 25.7 Å². The lowest BCUT2D eigenvalue weighted by atomic mass is 9.87. The van der Waals surface area contributed by atoms with E-state index in [1.807, 2.05) is 26.0 Å². The standard InChI is InChI=1S/C12H12F2/c1-12(2)7-9(11(13)14)8-5-3-4-6-10(8)12/h3-7,11H,1-2H3. The third-order valence-electron chi connectivity index (χ3n) is 2.68. The lowest BCUT2D eigenvalue weighted by Gasteiger charge is -2.16. The van der Waals surface area contributed by atoms with Crippen LogP contribution in [0.4, 0.5) is 8.78 Å². The van der Waals surface area contributed by atoms with Crippen LogP contribution in [0.5, 0.6) is 0 Å². The highest BCUT2D eigenvalue weighted by Gasteiger charge is 2.32. The summed E-state index contributed by atoms with van der Waals surface area (Å²) in [4.78, 5) is 0. The smallest absolute Gasteiger partial charge is 0.205 e. The Hall–Kier alpha value is -1.18. The summed E-state index contributed by atoms with van der Waals surface area (Å²) in [5, 5.41) is 0. The highest BCUT2D eigenvalue weighted by Crippen LogP contribution is 2.42. The molecule has 74 valence electrons. The highest BCUT2D eigenvalue weighted by atomic mass is 19.3. The van der Waals surface area contributed by atoms with E-state index in [2.05, 4.69) is 0 Å². The van der Waals surface area contributed by atoms with Gasteiger partial charge in [-0.2, -0.15) is 0 Å². The van der Waals surface area contributed by atoms with Crippen molar-refractivity contribution in [2.75, 3.05) is 0 Å². The van der Waals surface area contributed by atoms with Crippen molar-refractivity contribution in [1.82, 2.24) is 0 Å². The minimum Gasteiger partial charge on any atom is -0.205 e. The minimum absolute atomic E-state index is 0.172. The van der Waals surface area contributed by atoms with Crippen molar-refractivity contribution in [3.8, 4) is 0 Å². The zero-order valence-corrected chi connectivity index (χ0v) is 8.22. The van der Waals surface area contributed by atoms with Gasteiger partial charge in [0.2, 0.25) is 0 Å². The molecular formula is C12H12F2. The van der Waals surface area contributed by atoms with Gasteiger partial charge in [-0.1, -0.05) is 44.2 Å². The maximum absolute atomic E-state index is 12.7. The van der Waals surface area contributed by atoms with Gasteiger partial charge in [0.05, 0.1) is 0 Å². The second-order valence-electron chi connectivity index (χ2n) is 4.17. The molecule has 1 aromatic carbocycles. The molecule has 0 fully saturated rings. The molecule has 0 aromatic heterocycles. The summed E-state index contributed by atoms with van der Waals surface area (Å²) in [6.07, 6.45) is -0.708. The Balaban J connectivity index is 2.60. The van der Waals surface area contributed by atoms with E-state index in [1.54, 1.807) is 18.2 Å². The second-order valence-corrected chi connectivity index (χ2v) is 4.17. The van der Waals surface area contributed by atoms with Crippen LogP contribution in [0.25, 0.3) is 5.57 Å². The Kier molecular flexibility index (Phi) is 1.95. The van der Waals surface area contributed by atoms with E-state index in [-0.39, 0.29) is 11.0 Å². The summed E-state index contributed by atoms with van der Waals surface area (Å²) >= 11 is 0. The predicted octanol–water partition coefficient (Wildman–Crippen LogP) is 3.63. The Labute approximate surface area is 82.3 Å². The topological polar surface area (TPSA) is 0 Å². The Bertz CT molecular complexity index is 389. The van der Waals surface area contributed by atoms with Crippen LogP contribution >= 0.6 is 0 Å². The normalized spacial score (nSPS) is 18.2. The average molecular weight is 194 g/mol. The molecule has 0 bridgehead atoms. The molecule has 0 amide bonds. The van der Waals surface area contributed by atoms with Gasteiger partial charge >= 0.3 is 0 Å². The lowest BCUT2D eigenvalue weighted by molar-refractivity contribution is 0.215. The molecule has 0 radical (unpaired) electrons. The van der Waals surface area contributed by atoms with Crippen LogP contribution in [0, 0.1) is 0 Å². The number of alkyl halides is 2. The van der Waals surface area contributed by atoms with Gasteiger partial charge in [0.15, 0.2) is 0 Å². The molecule has 1 aliphatic carbocycles. The minimum atomic E-state index is -2.38. The Morgan fingerprint density at radius 2 is 1.79 bits per heavy atom. The summed E-state index contributed by atoms with van der Waals surface area (Å²) in [5.41, 5.74) is 1.61. The van der Waals surface area contributed by atoms with E-state index in [0.29, 0.717) is 5.56 Å². The fourth-order valence-corrected chi connectivity index (χ4v) is 2.02. The fourth-order valence-electron chi connectivity index (χ4n) is 2.02. The average Bonchev–Trinajstić information content (AvgIpc) is 2.40. The maximum Gasteiger partial charge on any atom is 0.264 e. The number of rotatable bonds is 1. The number of hydrogen-bond donors (Lipinski definition) is 0. The van der Waals surface area contributed by atoms with Crippen LogP contribution in [0.1, 0.15) is 25.0 Å². The molecule has 2 rings (SSSR count). The van der Waals surface area contributed by atoms with E-state index < -0.39 is 6.43 Å². The van der Waals surface area contributed by atoms with Gasteiger partial charge in [0.25, 0.3) is 6.43 Å². The van der Waals surface area contributed by atoms with Crippen LogP contribution < -0.4 is 0 Å². The molecule has 0 unspecified atom stereocenters. The summed E-state index contributed by atoms with van der Waals surface area (Å²) in [5.74, 6) is 0. The Morgan fingerprint density at radius 1 is 1.14 bits per heavy atom. The molecule has 0 heterocycles. The first-order valence-electron chi connectivity index (χ1n) is 4.63. The molecular weight excluding hydrogens is 182 g/mol. The van der Waals surface area contributed by atoms with Crippen LogP contribution in [-0.2, 0) is 5.41 Å². The third kappa shape index (κ3) is 1.26. The molecule has 1 aromatic rings. The summed E-state index contributed by atoms with van der Waals surface area (Å²) in [6.45, 7) is 3.92. The Morgan fingerprint density at radius 3 is 2.43 bits per heavy atom. The van der Waals surface area contributed by atoms with Gasteiger partial charge in [-0.15, -0.1) is 0 Å². The molecule has 0 aliphatic heterocycles. The van der Waals surface area contributed by atoms with Crippen molar-refractivity contribution < 1.29 is 8.78 Å². The molecule has 0 atom stereocenters.